The van der Waals surface area contributed by atoms with Crippen LogP contribution in [0.5, 0.6) is 0 Å². The van der Waals surface area contributed by atoms with E-state index >= 15 is 0 Å². The molecule has 96 valence electrons. The smallest absolute Gasteiger partial charge is 0.0279 e. The minimum atomic E-state index is 0.856. The summed E-state index contributed by atoms with van der Waals surface area (Å²) in [5.41, 5.74) is 1.49. The molecule has 0 aromatic heterocycles. The molecule has 1 rings (SSSR count). The molecule has 0 aliphatic heterocycles. The number of hydrogen-bond acceptors (Lipinski definition) is 0. The van der Waals surface area contributed by atoms with E-state index in [2.05, 4.69) is 51.1 Å². The molecule has 17 heavy (non-hydrogen) atoms. The first-order valence-electron chi connectivity index (χ1n) is 7.28. The van der Waals surface area contributed by atoms with Gasteiger partial charge in [-0.25, -0.2) is 0 Å². The molecule has 0 N–H and O–H groups in total. The van der Waals surface area contributed by atoms with Crippen molar-refractivity contribution in [1.82, 2.24) is 0 Å². The van der Waals surface area contributed by atoms with Gasteiger partial charge in [-0.2, -0.15) is 0 Å². The molecule has 0 aliphatic carbocycles. The van der Waals surface area contributed by atoms with Crippen molar-refractivity contribution in [3.05, 3.63) is 35.9 Å². The van der Waals surface area contributed by atoms with Gasteiger partial charge in [0.1, 0.15) is 0 Å². The van der Waals surface area contributed by atoms with E-state index in [0.29, 0.717) is 0 Å². The summed E-state index contributed by atoms with van der Waals surface area (Å²) < 4.78 is 0. The van der Waals surface area contributed by atoms with Crippen molar-refractivity contribution in [3.63, 3.8) is 0 Å². The standard InChI is InChI=1S/C17H28/c1-4-17(15(2)3)14-10-6-9-13-16-11-7-5-8-12-16/h5,7-8,11-12,15,17H,4,6,9-10,13-14H2,1-3H3. The fourth-order valence-electron chi connectivity index (χ4n) is 2.57. The van der Waals surface area contributed by atoms with Crippen molar-refractivity contribution in [3.8, 4) is 0 Å². The van der Waals surface area contributed by atoms with E-state index in [-0.39, 0.29) is 0 Å². The Labute approximate surface area is 107 Å². The van der Waals surface area contributed by atoms with Gasteiger partial charge >= 0.3 is 0 Å². The van der Waals surface area contributed by atoms with E-state index in [4.69, 9.17) is 0 Å². The van der Waals surface area contributed by atoms with Gasteiger partial charge in [0.2, 0.25) is 0 Å². The molecule has 0 nitrogen and oxygen atoms in total. The lowest BCUT2D eigenvalue weighted by Crippen LogP contribution is -2.07. The average Bonchev–Trinajstić information content (AvgIpc) is 2.34. The summed E-state index contributed by atoms with van der Waals surface area (Å²) in [5.74, 6) is 1.79. The molecule has 0 heterocycles. The molecule has 0 spiro atoms. The van der Waals surface area contributed by atoms with Crippen LogP contribution in [0, 0.1) is 11.8 Å². The van der Waals surface area contributed by atoms with E-state index in [0.717, 1.165) is 11.8 Å². The Kier molecular flexibility index (Phi) is 7.00. The highest BCUT2D eigenvalue weighted by Crippen LogP contribution is 2.22. The molecule has 0 radical (unpaired) electrons. The predicted molar refractivity (Wildman–Crippen MR) is 77.2 cm³/mol. The van der Waals surface area contributed by atoms with Crippen molar-refractivity contribution in [2.24, 2.45) is 11.8 Å². The van der Waals surface area contributed by atoms with Gasteiger partial charge in [-0.05, 0) is 30.2 Å². The molecule has 0 amide bonds. The van der Waals surface area contributed by atoms with E-state index in [1.165, 1.54) is 44.1 Å². The molecule has 1 unspecified atom stereocenters. The van der Waals surface area contributed by atoms with Crippen LogP contribution in [0.1, 0.15) is 58.4 Å². The second kappa shape index (κ2) is 8.33. The lowest BCUT2D eigenvalue weighted by Gasteiger charge is -2.18. The normalized spacial score (nSPS) is 12.9. The highest BCUT2D eigenvalue weighted by molar-refractivity contribution is 5.14. The van der Waals surface area contributed by atoms with Gasteiger partial charge in [-0.3, -0.25) is 0 Å². The van der Waals surface area contributed by atoms with Crippen molar-refractivity contribution in [2.45, 2.75) is 59.3 Å². The molecule has 1 atom stereocenters. The Morgan fingerprint density at radius 3 is 2.24 bits per heavy atom. The predicted octanol–water partition coefficient (Wildman–Crippen LogP) is 5.47. The molecule has 0 bridgehead atoms. The van der Waals surface area contributed by atoms with Crippen LogP contribution in [0.2, 0.25) is 0 Å². The Balaban J connectivity index is 2.08. The van der Waals surface area contributed by atoms with Gasteiger partial charge in [0, 0.05) is 0 Å². The van der Waals surface area contributed by atoms with Crippen molar-refractivity contribution < 1.29 is 0 Å². The van der Waals surface area contributed by atoms with Gasteiger partial charge in [0.15, 0.2) is 0 Å². The van der Waals surface area contributed by atoms with Crippen LogP contribution >= 0.6 is 0 Å². The van der Waals surface area contributed by atoms with Crippen LogP contribution in [0.4, 0.5) is 0 Å². The Morgan fingerprint density at radius 2 is 1.65 bits per heavy atom. The van der Waals surface area contributed by atoms with E-state index < -0.39 is 0 Å². The van der Waals surface area contributed by atoms with Crippen LogP contribution in [-0.4, -0.2) is 0 Å². The molecule has 1 aromatic carbocycles. The highest BCUT2D eigenvalue weighted by atomic mass is 14.2. The number of unbranched alkanes of at least 4 members (excludes halogenated alkanes) is 2. The summed E-state index contributed by atoms with van der Waals surface area (Å²) in [4.78, 5) is 0. The van der Waals surface area contributed by atoms with Gasteiger partial charge in [-0.1, -0.05) is 76.8 Å². The average molecular weight is 232 g/mol. The second-order valence-electron chi connectivity index (χ2n) is 5.50. The largest absolute Gasteiger partial charge is 0.0651 e. The quantitative estimate of drug-likeness (QED) is 0.521. The molecule has 0 saturated carbocycles. The Hall–Kier alpha value is -0.780. The first kappa shape index (κ1) is 14.3. The van der Waals surface area contributed by atoms with Crippen LogP contribution in [0.25, 0.3) is 0 Å². The Morgan fingerprint density at radius 1 is 0.941 bits per heavy atom. The van der Waals surface area contributed by atoms with Crippen LogP contribution in [0.3, 0.4) is 0 Å². The van der Waals surface area contributed by atoms with Crippen molar-refractivity contribution in [2.75, 3.05) is 0 Å². The van der Waals surface area contributed by atoms with Crippen LogP contribution in [-0.2, 0) is 6.42 Å². The third-order valence-corrected chi connectivity index (χ3v) is 3.85. The summed E-state index contributed by atoms with van der Waals surface area (Å²) in [5, 5.41) is 0. The maximum absolute atomic E-state index is 2.36. The summed E-state index contributed by atoms with van der Waals surface area (Å²) in [7, 11) is 0. The molecule has 0 aliphatic rings. The summed E-state index contributed by atoms with van der Waals surface area (Å²) in [6, 6.07) is 10.9. The zero-order chi connectivity index (χ0) is 12.5. The first-order chi connectivity index (χ1) is 8.24. The van der Waals surface area contributed by atoms with Crippen molar-refractivity contribution in [1.29, 1.82) is 0 Å². The minimum Gasteiger partial charge on any atom is -0.0651 e. The summed E-state index contributed by atoms with van der Waals surface area (Å²) >= 11 is 0. The summed E-state index contributed by atoms with van der Waals surface area (Å²) in [6.45, 7) is 7.05. The zero-order valence-electron chi connectivity index (χ0n) is 11.8. The van der Waals surface area contributed by atoms with Gasteiger partial charge < -0.3 is 0 Å². The minimum absolute atomic E-state index is 0.856. The lowest BCUT2D eigenvalue weighted by molar-refractivity contribution is 0.336. The lowest BCUT2D eigenvalue weighted by atomic mass is 9.88. The van der Waals surface area contributed by atoms with Crippen LogP contribution < -0.4 is 0 Å². The molecule has 1 aromatic rings. The van der Waals surface area contributed by atoms with Gasteiger partial charge in [0.25, 0.3) is 0 Å². The van der Waals surface area contributed by atoms with Crippen LogP contribution in [0.15, 0.2) is 30.3 Å². The monoisotopic (exact) mass is 232 g/mol. The molecule has 0 heteroatoms. The number of benzene rings is 1. The van der Waals surface area contributed by atoms with E-state index in [1.807, 2.05) is 0 Å². The number of rotatable bonds is 8. The number of hydrogen-bond donors (Lipinski definition) is 0. The Bertz CT molecular complexity index is 273. The van der Waals surface area contributed by atoms with Gasteiger partial charge in [-0.15, -0.1) is 0 Å². The zero-order valence-corrected chi connectivity index (χ0v) is 11.8. The SMILES string of the molecule is CCC(CCCCCc1ccccc1)C(C)C. The van der Waals surface area contributed by atoms with E-state index in [1.54, 1.807) is 0 Å². The molecular formula is C17H28. The second-order valence-corrected chi connectivity index (χ2v) is 5.50. The third-order valence-electron chi connectivity index (χ3n) is 3.85. The summed E-state index contributed by atoms with van der Waals surface area (Å²) in [6.07, 6.45) is 8.15. The fraction of sp³-hybridized carbons (Fsp3) is 0.647. The molecule has 0 fully saturated rings. The highest BCUT2D eigenvalue weighted by Gasteiger charge is 2.09. The molecule has 0 saturated heterocycles. The third kappa shape index (κ3) is 5.91. The number of aryl methyl sites for hydroxylation is 1. The molecular weight excluding hydrogens is 204 g/mol. The maximum atomic E-state index is 2.36. The van der Waals surface area contributed by atoms with E-state index in [9.17, 15) is 0 Å². The fourth-order valence-corrected chi connectivity index (χ4v) is 2.57. The van der Waals surface area contributed by atoms with Gasteiger partial charge in [0.05, 0.1) is 0 Å². The maximum Gasteiger partial charge on any atom is -0.0279 e. The topological polar surface area (TPSA) is 0 Å². The van der Waals surface area contributed by atoms with Crippen molar-refractivity contribution >= 4 is 0 Å². The first-order valence-corrected chi connectivity index (χ1v) is 7.28.